The van der Waals surface area contributed by atoms with Crippen molar-refractivity contribution in [2.24, 2.45) is 0 Å². The number of fused-ring (bicyclic) bond motifs is 2. The molecule has 0 unspecified atom stereocenters. The molecule has 0 spiro atoms. The molecule has 3 heterocycles. The maximum absolute atomic E-state index is 14.5. The zero-order valence-corrected chi connectivity index (χ0v) is 20.2. The molecule has 180 valence electrons. The molecule has 5 aromatic rings. The van der Waals surface area contributed by atoms with E-state index >= 15 is 0 Å². The Labute approximate surface area is 201 Å². The van der Waals surface area contributed by atoms with Crippen LogP contribution in [0.2, 0.25) is 0 Å². The van der Waals surface area contributed by atoms with E-state index in [1.165, 1.54) is 18.4 Å². The van der Waals surface area contributed by atoms with Gasteiger partial charge >= 0.3 is 5.97 Å². The van der Waals surface area contributed by atoms with Crippen LogP contribution < -0.4 is 0 Å². The number of nitrogens with one attached hydrogen (secondary N) is 2. The fraction of sp³-hybridized carbons (Fsp3) is 0.192. The van der Waals surface area contributed by atoms with Gasteiger partial charge < -0.3 is 19.6 Å². The van der Waals surface area contributed by atoms with E-state index in [1.807, 2.05) is 32.0 Å². The molecule has 3 aromatic heterocycles. The van der Waals surface area contributed by atoms with Crippen LogP contribution in [0.15, 0.2) is 54.9 Å². The quantitative estimate of drug-likeness (QED) is 0.280. The highest BCUT2D eigenvalue weighted by Gasteiger charge is 2.28. The van der Waals surface area contributed by atoms with E-state index in [9.17, 15) is 22.7 Å². The summed E-state index contributed by atoms with van der Waals surface area (Å²) in [4.78, 5) is 18.5. The predicted molar refractivity (Wildman–Crippen MR) is 135 cm³/mol. The monoisotopic (exact) mass is 493 g/mol. The molecule has 7 nitrogen and oxygen atoms in total. The van der Waals surface area contributed by atoms with E-state index in [1.54, 1.807) is 29.1 Å². The van der Waals surface area contributed by atoms with Crippen molar-refractivity contribution in [1.82, 2.24) is 14.5 Å². The highest BCUT2D eigenvalue weighted by atomic mass is 32.2. The van der Waals surface area contributed by atoms with Gasteiger partial charge in [-0.2, -0.15) is 0 Å². The molecule has 0 fully saturated rings. The summed E-state index contributed by atoms with van der Waals surface area (Å²) in [5.41, 5.74) is 4.34. The summed E-state index contributed by atoms with van der Waals surface area (Å²) in [6.07, 6.45) is 4.57. The van der Waals surface area contributed by atoms with Crippen LogP contribution in [-0.4, -0.2) is 40.3 Å². The van der Waals surface area contributed by atoms with Gasteiger partial charge in [-0.1, -0.05) is 26.0 Å². The predicted octanol–water partition coefficient (Wildman–Crippen LogP) is 5.75. The molecule has 0 saturated carbocycles. The van der Waals surface area contributed by atoms with Crippen molar-refractivity contribution in [2.75, 3.05) is 6.26 Å². The van der Waals surface area contributed by atoms with Crippen LogP contribution in [0, 0.1) is 5.82 Å². The third-order valence-corrected chi connectivity index (χ3v) is 6.94. The van der Waals surface area contributed by atoms with Gasteiger partial charge in [0.2, 0.25) is 0 Å². The van der Waals surface area contributed by atoms with E-state index in [0.717, 1.165) is 16.3 Å². The maximum Gasteiger partial charge on any atom is 0.352 e. The van der Waals surface area contributed by atoms with E-state index in [0.29, 0.717) is 33.4 Å². The van der Waals surface area contributed by atoms with Gasteiger partial charge in [0.25, 0.3) is 0 Å². The minimum Gasteiger partial charge on any atom is -0.477 e. The normalized spacial score (nSPS) is 12.3. The average molecular weight is 494 g/mol. The molecular weight excluding hydrogens is 469 g/mol. The van der Waals surface area contributed by atoms with Crippen molar-refractivity contribution in [2.45, 2.75) is 25.6 Å². The van der Waals surface area contributed by atoms with Gasteiger partial charge in [-0.25, -0.2) is 17.6 Å². The van der Waals surface area contributed by atoms with Gasteiger partial charge in [0, 0.05) is 51.6 Å². The SMILES string of the molecule is CC(C)c1c(-c2cc(F)cc3[nH]ccc23)[nH]c(C(=O)O)c1-c1cccc2c1ccn2CS(C)(=O)=O. The first-order valence-corrected chi connectivity index (χ1v) is 13.1. The minimum atomic E-state index is -3.29. The van der Waals surface area contributed by atoms with Crippen LogP contribution >= 0.6 is 0 Å². The molecule has 0 aliphatic carbocycles. The van der Waals surface area contributed by atoms with Gasteiger partial charge in [-0.05, 0) is 47.4 Å². The minimum absolute atomic E-state index is 0.00000925. The van der Waals surface area contributed by atoms with Crippen LogP contribution in [-0.2, 0) is 15.7 Å². The number of aromatic nitrogens is 3. The number of aromatic amines is 2. The largest absolute Gasteiger partial charge is 0.477 e. The van der Waals surface area contributed by atoms with E-state index in [2.05, 4.69) is 9.97 Å². The van der Waals surface area contributed by atoms with Crippen molar-refractivity contribution in [3.8, 4) is 22.4 Å². The summed E-state index contributed by atoms with van der Waals surface area (Å²) in [5, 5.41) is 11.7. The lowest BCUT2D eigenvalue weighted by Gasteiger charge is -2.14. The molecule has 0 saturated heterocycles. The summed E-state index contributed by atoms with van der Waals surface area (Å²) < 4.78 is 40.0. The molecule has 0 bridgehead atoms. The third-order valence-electron chi connectivity index (χ3n) is 6.19. The summed E-state index contributed by atoms with van der Waals surface area (Å²) in [5.74, 6) is -1.86. The number of sulfone groups is 1. The van der Waals surface area contributed by atoms with Gasteiger partial charge in [-0.3, -0.25) is 0 Å². The Morgan fingerprint density at radius 3 is 2.57 bits per heavy atom. The standard InChI is InChI=1S/C26H24FN3O4S/c1-14(2)22-23(18-5-4-6-21-17(18)8-10-30(21)13-35(3,33)34)25(26(31)32)29-24(22)19-11-15(27)12-20-16(19)7-9-28-20/h4-12,14,28-29H,13H2,1-3H3,(H,31,32). The Morgan fingerprint density at radius 1 is 1.11 bits per heavy atom. The van der Waals surface area contributed by atoms with Crippen LogP contribution in [0.1, 0.15) is 35.8 Å². The number of carboxylic acids is 1. The summed E-state index contributed by atoms with van der Waals surface area (Å²) >= 11 is 0. The molecule has 0 amide bonds. The third kappa shape index (κ3) is 3.91. The number of hydrogen-bond donors (Lipinski definition) is 3. The second kappa shape index (κ2) is 8.13. The van der Waals surface area contributed by atoms with Crippen molar-refractivity contribution in [3.63, 3.8) is 0 Å². The van der Waals surface area contributed by atoms with Crippen molar-refractivity contribution < 1.29 is 22.7 Å². The lowest BCUT2D eigenvalue weighted by molar-refractivity contribution is 0.0692. The Balaban J connectivity index is 1.84. The smallest absolute Gasteiger partial charge is 0.352 e. The molecule has 3 N–H and O–H groups in total. The topological polar surface area (TPSA) is 108 Å². The maximum atomic E-state index is 14.5. The van der Waals surface area contributed by atoms with Gasteiger partial charge in [0.05, 0.1) is 5.69 Å². The van der Waals surface area contributed by atoms with Crippen LogP contribution in [0.3, 0.4) is 0 Å². The molecule has 0 radical (unpaired) electrons. The summed E-state index contributed by atoms with van der Waals surface area (Å²) in [6, 6.07) is 11.9. The Bertz CT molecular complexity index is 1720. The highest BCUT2D eigenvalue weighted by molar-refractivity contribution is 7.89. The Kier molecular flexibility index (Phi) is 5.32. The second-order valence-corrected chi connectivity index (χ2v) is 11.2. The molecule has 0 aliphatic rings. The first kappa shape index (κ1) is 22.9. The van der Waals surface area contributed by atoms with Crippen molar-refractivity contribution in [1.29, 1.82) is 0 Å². The number of rotatable bonds is 6. The lowest BCUT2D eigenvalue weighted by atomic mass is 9.89. The van der Waals surface area contributed by atoms with Gasteiger partial charge in [0.1, 0.15) is 17.4 Å². The number of aromatic carboxylic acids is 1. The molecule has 0 aliphatic heterocycles. The zero-order chi connectivity index (χ0) is 25.1. The fourth-order valence-electron chi connectivity index (χ4n) is 4.89. The highest BCUT2D eigenvalue weighted by Crippen LogP contribution is 2.44. The number of benzene rings is 2. The van der Waals surface area contributed by atoms with Gasteiger partial charge in [-0.15, -0.1) is 0 Å². The second-order valence-electron chi connectivity index (χ2n) is 9.09. The first-order valence-electron chi connectivity index (χ1n) is 11.1. The van der Waals surface area contributed by atoms with E-state index in [-0.39, 0.29) is 17.5 Å². The molecule has 35 heavy (non-hydrogen) atoms. The molecule has 0 atom stereocenters. The average Bonchev–Trinajstić information content (AvgIpc) is 3.48. The fourth-order valence-corrected chi connectivity index (χ4v) is 5.62. The van der Waals surface area contributed by atoms with Crippen LogP contribution in [0.4, 0.5) is 4.39 Å². The van der Waals surface area contributed by atoms with E-state index in [4.69, 9.17) is 0 Å². The molecule has 5 rings (SSSR count). The number of carbonyl (C=O) groups is 1. The number of nitrogens with zero attached hydrogens (tertiary/aromatic N) is 1. The number of H-pyrrole nitrogens is 2. The lowest BCUT2D eigenvalue weighted by Crippen LogP contribution is -2.07. The van der Waals surface area contributed by atoms with Crippen LogP contribution in [0.25, 0.3) is 44.2 Å². The molecule has 2 aromatic carbocycles. The molecular formula is C26H24FN3O4S. The van der Waals surface area contributed by atoms with Crippen molar-refractivity contribution >= 4 is 37.6 Å². The Hall–Kier alpha value is -3.85. The Morgan fingerprint density at radius 2 is 1.89 bits per heavy atom. The van der Waals surface area contributed by atoms with Crippen LogP contribution in [0.5, 0.6) is 0 Å². The number of hydrogen-bond acceptors (Lipinski definition) is 3. The zero-order valence-electron chi connectivity index (χ0n) is 19.4. The summed E-state index contributed by atoms with van der Waals surface area (Å²) in [6.45, 7) is 3.93. The molecule has 9 heteroatoms. The van der Waals surface area contributed by atoms with E-state index < -0.39 is 21.6 Å². The number of halogens is 1. The van der Waals surface area contributed by atoms with Gasteiger partial charge in [0.15, 0.2) is 9.84 Å². The van der Waals surface area contributed by atoms with Crippen molar-refractivity contribution in [3.05, 3.63) is 71.9 Å². The first-order chi connectivity index (χ1) is 16.5. The number of carboxylic acid groups (broad SMARTS) is 1. The summed E-state index contributed by atoms with van der Waals surface area (Å²) in [7, 11) is -3.29.